The Balaban J connectivity index is 2.23. The lowest BCUT2D eigenvalue weighted by molar-refractivity contribution is 0.318. The highest BCUT2D eigenvalue weighted by atomic mass is 79.9. The van der Waals surface area contributed by atoms with E-state index in [1.165, 1.54) is 19.3 Å². The number of benzene rings is 1. The van der Waals surface area contributed by atoms with Crippen molar-refractivity contribution in [1.29, 1.82) is 5.26 Å². The zero-order chi connectivity index (χ0) is 12.3. The van der Waals surface area contributed by atoms with E-state index in [2.05, 4.69) is 33.8 Å². The van der Waals surface area contributed by atoms with Crippen molar-refractivity contribution in [2.24, 2.45) is 5.92 Å². The molecule has 1 aromatic carbocycles. The molecule has 0 saturated heterocycles. The van der Waals surface area contributed by atoms with Gasteiger partial charge in [0, 0.05) is 17.6 Å². The van der Waals surface area contributed by atoms with Crippen molar-refractivity contribution in [2.75, 3.05) is 18.0 Å². The summed E-state index contributed by atoms with van der Waals surface area (Å²) in [5, 5.41) is 9.24. The number of anilines is 1. The third-order valence-corrected chi connectivity index (χ3v) is 4.19. The molecule has 1 aliphatic rings. The summed E-state index contributed by atoms with van der Waals surface area (Å²) >= 11 is 3.45. The van der Waals surface area contributed by atoms with Gasteiger partial charge in [0.25, 0.3) is 0 Å². The van der Waals surface area contributed by atoms with Crippen LogP contribution in [0.1, 0.15) is 31.7 Å². The average Bonchev–Trinajstić information content (AvgIpc) is 2.28. The van der Waals surface area contributed by atoms with Gasteiger partial charge in [-0.25, -0.2) is 0 Å². The maximum Gasteiger partial charge on any atom is 0.103 e. The summed E-state index contributed by atoms with van der Waals surface area (Å²) in [6.07, 6.45) is 4.05. The minimum absolute atomic E-state index is 0.758. The van der Waals surface area contributed by atoms with E-state index < -0.39 is 0 Å². The summed E-state index contributed by atoms with van der Waals surface area (Å²) in [5.74, 6) is 0.820. The number of hydrogen-bond acceptors (Lipinski definition) is 2. The molecule has 17 heavy (non-hydrogen) atoms. The minimum Gasteiger partial charge on any atom is -0.370 e. The summed E-state index contributed by atoms with van der Waals surface area (Å²) < 4.78 is 0.893. The summed E-state index contributed by atoms with van der Waals surface area (Å²) in [7, 11) is 0. The molecule has 2 nitrogen and oxygen atoms in total. The first-order chi connectivity index (χ1) is 8.26. The lowest BCUT2D eigenvalue weighted by Gasteiger charge is -2.33. The van der Waals surface area contributed by atoms with Crippen LogP contribution in [0.3, 0.4) is 0 Å². The molecular formula is C14H17BrN2. The molecule has 1 fully saturated rings. The predicted molar refractivity (Wildman–Crippen MR) is 74.1 cm³/mol. The summed E-state index contributed by atoms with van der Waals surface area (Å²) in [5.41, 5.74) is 1.82. The molecule has 2 rings (SSSR count). The van der Waals surface area contributed by atoms with Gasteiger partial charge >= 0.3 is 0 Å². The van der Waals surface area contributed by atoms with Gasteiger partial charge in [-0.05, 0) is 53.7 Å². The van der Waals surface area contributed by atoms with Crippen LogP contribution in [0, 0.1) is 17.2 Å². The van der Waals surface area contributed by atoms with Crippen molar-refractivity contribution < 1.29 is 0 Å². The Bertz CT molecular complexity index is 432. The lowest BCUT2D eigenvalue weighted by atomic mass is 9.85. The van der Waals surface area contributed by atoms with Crippen LogP contribution in [0.15, 0.2) is 22.7 Å². The molecule has 90 valence electrons. The molecule has 0 heterocycles. The zero-order valence-corrected chi connectivity index (χ0v) is 11.7. The number of rotatable bonds is 4. The maximum absolute atomic E-state index is 9.24. The first-order valence-corrected chi connectivity index (χ1v) is 6.99. The van der Waals surface area contributed by atoms with Crippen LogP contribution >= 0.6 is 15.9 Å². The predicted octanol–water partition coefficient (Wildman–Crippen LogP) is 3.95. The Morgan fingerprint density at radius 2 is 2.24 bits per heavy atom. The molecule has 0 unspecified atom stereocenters. The van der Waals surface area contributed by atoms with Gasteiger partial charge in [-0.3, -0.25) is 0 Å². The second-order valence-corrected chi connectivity index (χ2v) is 5.44. The van der Waals surface area contributed by atoms with Gasteiger partial charge in [0.2, 0.25) is 0 Å². The normalized spacial score (nSPS) is 15.1. The molecule has 0 radical (unpaired) electrons. The zero-order valence-electron chi connectivity index (χ0n) is 10.1. The smallest absolute Gasteiger partial charge is 0.103 e. The van der Waals surface area contributed by atoms with E-state index in [1.807, 2.05) is 18.2 Å². The third-order valence-electron chi connectivity index (χ3n) is 3.53. The van der Waals surface area contributed by atoms with Crippen LogP contribution in [-0.4, -0.2) is 13.1 Å². The maximum atomic E-state index is 9.24. The fraction of sp³-hybridized carbons (Fsp3) is 0.500. The Labute approximate surface area is 111 Å². The molecule has 0 aromatic heterocycles. The number of nitriles is 1. The summed E-state index contributed by atoms with van der Waals surface area (Å²) in [6, 6.07) is 8.28. The van der Waals surface area contributed by atoms with Crippen molar-refractivity contribution in [3.05, 3.63) is 28.2 Å². The Morgan fingerprint density at radius 1 is 1.47 bits per heavy atom. The van der Waals surface area contributed by atoms with E-state index in [0.717, 1.165) is 34.7 Å². The van der Waals surface area contributed by atoms with E-state index in [-0.39, 0.29) is 0 Å². The molecule has 0 atom stereocenters. The van der Waals surface area contributed by atoms with Crippen LogP contribution in [0.2, 0.25) is 0 Å². The van der Waals surface area contributed by atoms with E-state index in [1.54, 1.807) is 0 Å². The highest BCUT2D eigenvalue weighted by Gasteiger charge is 2.21. The van der Waals surface area contributed by atoms with Crippen LogP contribution in [0.4, 0.5) is 5.69 Å². The molecule has 0 aliphatic heterocycles. The molecule has 1 saturated carbocycles. The summed E-state index contributed by atoms with van der Waals surface area (Å²) in [6.45, 7) is 4.20. The van der Waals surface area contributed by atoms with E-state index in [4.69, 9.17) is 0 Å². The van der Waals surface area contributed by atoms with E-state index >= 15 is 0 Å². The minimum atomic E-state index is 0.758. The van der Waals surface area contributed by atoms with Crippen LogP contribution in [0.25, 0.3) is 0 Å². The van der Waals surface area contributed by atoms with Crippen molar-refractivity contribution in [1.82, 2.24) is 0 Å². The van der Waals surface area contributed by atoms with Gasteiger partial charge in [0.15, 0.2) is 0 Å². The largest absolute Gasteiger partial charge is 0.370 e. The Kier molecular flexibility index (Phi) is 4.06. The molecule has 0 N–H and O–H groups in total. The van der Waals surface area contributed by atoms with E-state index in [9.17, 15) is 5.26 Å². The second-order valence-electron chi connectivity index (χ2n) is 4.58. The molecule has 1 aromatic rings. The molecule has 0 spiro atoms. The van der Waals surface area contributed by atoms with Gasteiger partial charge in [0.1, 0.15) is 6.07 Å². The van der Waals surface area contributed by atoms with Gasteiger partial charge in [-0.15, -0.1) is 0 Å². The molecule has 1 aliphatic carbocycles. The van der Waals surface area contributed by atoms with Crippen LogP contribution in [-0.2, 0) is 0 Å². The standard InChI is InChI=1S/C14H17BrN2/c1-2-17(10-11-5-3-6-11)14-8-4-7-13(15)12(14)9-16/h4,7-8,11H,2-3,5-6,10H2,1H3. The van der Waals surface area contributed by atoms with Gasteiger partial charge < -0.3 is 4.90 Å². The van der Waals surface area contributed by atoms with E-state index in [0.29, 0.717) is 0 Å². The first-order valence-electron chi connectivity index (χ1n) is 6.19. The SMILES string of the molecule is CCN(CC1CCC1)c1cccc(Br)c1C#N. The van der Waals surface area contributed by atoms with Crippen molar-refractivity contribution in [3.63, 3.8) is 0 Å². The monoisotopic (exact) mass is 292 g/mol. The van der Waals surface area contributed by atoms with Crippen molar-refractivity contribution in [3.8, 4) is 6.07 Å². The van der Waals surface area contributed by atoms with Crippen molar-refractivity contribution >= 4 is 21.6 Å². The quantitative estimate of drug-likeness (QED) is 0.840. The molecule has 0 amide bonds. The lowest BCUT2D eigenvalue weighted by Crippen LogP contribution is -2.32. The van der Waals surface area contributed by atoms with Gasteiger partial charge in [-0.1, -0.05) is 12.5 Å². The second kappa shape index (κ2) is 5.55. The molecule has 3 heteroatoms. The fourth-order valence-electron chi connectivity index (χ4n) is 2.27. The van der Waals surface area contributed by atoms with Gasteiger partial charge in [0.05, 0.1) is 11.3 Å². The molecule has 0 bridgehead atoms. The Morgan fingerprint density at radius 3 is 2.76 bits per heavy atom. The van der Waals surface area contributed by atoms with Crippen LogP contribution < -0.4 is 4.90 Å². The number of nitrogens with zero attached hydrogens (tertiary/aromatic N) is 2. The topological polar surface area (TPSA) is 27.0 Å². The first kappa shape index (κ1) is 12.4. The van der Waals surface area contributed by atoms with Gasteiger partial charge in [-0.2, -0.15) is 5.26 Å². The fourth-order valence-corrected chi connectivity index (χ4v) is 2.72. The van der Waals surface area contributed by atoms with Crippen molar-refractivity contribution in [2.45, 2.75) is 26.2 Å². The average molecular weight is 293 g/mol. The number of halogens is 1. The molecular weight excluding hydrogens is 276 g/mol. The highest BCUT2D eigenvalue weighted by molar-refractivity contribution is 9.10. The van der Waals surface area contributed by atoms with Crippen LogP contribution in [0.5, 0.6) is 0 Å². The summed E-state index contributed by atoms with van der Waals surface area (Å²) in [4.78, 5) is 2.33. The Hall–Kier alpha value is -1.01. The highest BCUT2D eigenvalue weighted by Crippen LogP contribution is 2.32. The third kappa shape index (κ3) is 2.63. The number of hydrogen-bond donors (Lipinski definition) is 0.